The minimum Gasteiger partial charge on any atom is -0.504 e. The fraction of sp³-hybridized carbons (Fsp3) is 0.375. The SMILES string of the molecule is Cc1ccc(C(=O)NCCCc2c(C)noc2C)c(O)c1O. The minimum atomic E-state index is -0.411. The molecule has 118 valence electrons. The molecule has 2 aromatic rings. The zero-order valence-electron chi connectivity index (χ0n) is 12.9. The Labute approximate surface area is 128 Å². The molecular formula is C16H20N2O4. The molecular weight excluding hydrogens is 284 g/mol. The summed E-state index contributed by atoms with van der Waals surface area (Å²) < 4.78 is 5.08. The maximum absolute atomic E-state index is 12.0. The van der Waals surface area contributed by atoms with Crippen LogP contribution in [-0.4, -0.2) is 27.8 Å². The number of phenols is 2. The summed E-state index contributed by atoms with van der Waals surface area (Å²) in [6.45, 7) is 5.86. The van der Waals surface area contributed by atoms with Crippen LogP contribution in [0.25, 0.3) is 0 Å². The highest BCUT2D eigenvalue weighted by atomic mass is 16.5. The molecule has 0 saturated carbocycles. The summed E-state index contributed by atoms with van der Waals surface area (Å²) in [6.07, 6.45) is 1.49. The number of carbonyl (C=O) groups excluding carboxylic acids is 1. The predicted molar refractivity (Wildman–Crippen MR) is 81.1 cm³/mol. The average Bonchev–Trinajstić information content (AvgIpc) is 2.80. The molecule has 0 aliphatic heterocycles. The van der Waals surface area contributed by atoms with Gasteiger partial charge in [-0.05, 0) is 45.2 Å². The first kappa shape index (κ1) is 15.9. The smallest absolute Gasteiger partial charge is 0.255 e. The first-order chi connectivity index (χ1) is 10.4. The van der Waals surface area contributed by atoms with Crippen molar-refractivity contribution in [1.29, 1.82) is 0 Å². The molecule has 0 saturated heterocycles. The topological polar surface area (TPSA) is 95.6 Å². The van der Waals surface area contributed by atoms with Gasteiger partial charge in [-0.1, -0.05) is 11.2 Å². The van der Waals surface area contributed by atoms with Crippen LogP contribution in [0.4, 0.5) is 0 Å². The van der Waals surface area contributed by atoms with Crippen LogP contribution in [0, 0.1) is 20.8 Å². The largest absolute Gasteiger partial charge is 0.504 e. The molecule has 0 unspecified atom stereocenters. The van der Waals surface area contributed by atoms with Crippen LogP contribution in [0.15, 0.2) is 16.7 Å². The molecule has 0 radical (unpaired) electrons. The Morgan fingerprint density at radius 3 is 2.59 bits per heavy atom. The number of amides is 1. The van der Waals surface area contributed by atoms with Crippen LogP contribution in [-0.2, 0) is 6.42 Å². The van der Waals surface area contributed by atoms with Crippen molar-refractivity contribution in [3.05, 3.63) is 40.3 Å². The van der Waals surface area contributed by atoms with E-state index in [9.17, 15) is 15.0 Å². The number of aromatic hydroxyl groups is 2. The van der Waals surface area contributed by atoms with Gasteiger partial charge in [-0.15, -0.1) is 0 Å². The standard InChI is InChI=1S/C16H20N2O4/c1-9-6-7-13(15(20)14(9)19)16(21)17-8-4-5-12-10(2)18-22-11(12)3/h6-7,19-20H,4-5,8H2,1-3H3,(H,17,21). The molecule has 0 aliphatic rings. The highest BCUT2D eigenvalue weighted by Gasteiger charge is 2.15. The van der Waals surface area contributed by atoms with E-state index >= 15 is 0 Å². The second-order valence-corrected chi connectivity index (χ2v) is 5.29. The molecule has 6 heteroatoms. The van der Waals surface area contributed by atoms with Gasteiger partial charge in [-0.3, -0.25) is 4.79 Å². The summed E-state index contributed by atoms with van der Waals surface area (Å²) in [5, 5.41) is 26.1. The van der Waals surface area contributed by atoms with E-state index in [0.717, 1.165) is 29.9 Å². The number of rotatable bonds is 5. The number of nitrogens with one attached hydrogen (secondary N) is 1. The van der Waals surface area contributed by atoms with Gasteiger partial charge in [0.15, 0.2) is 11.5 Å². The lowest BCUT2D eigenvalue weighted by Gasteiger charge is -2.09. The van der Waals surface area contributed by atoms with Gasteiger partial charge >= 0.3 is 0 Å². The maximum atomic E-state index is 12.0. The van der Waals surface area contributed by atoms with E-state index in [-0.39, 0.29) is 17.1 Å². The Bertz CT molecular complexity index is 672. The zero-order valence-corrected chi connectivity index (χ0v) is 12.9. The fourth-order valence-corrected chi connectivity index (χ4v) is 2.28. The number of phenolic OH excluding ortho intramolecular Hbond substituents is 2. The summed E-state index contributed by atoms with van der Waals surface area (Å²) in [5.74, 6) is -0.261. The Morgan fingerprint density at radius 1 is 1.23 bits per heavy atom. The van der Waals surface area contributed by atoms with Gasteiger partial charge in [-0.25, -0.2) is 0 Å². The number of aryl methyl sites for hydroxylation is 3. The molecule has 0 bridgehead atoms. The van der Waals surface area contributed by atoms with Crippen molar-refractivity contribution in [3.8, 4) is 11.5 Å². The average molecular weight is 304 g/mol. The summed E-state index contributed by atoms with van der Waals surface area (Å²) in [7, 11) is 0. The fourth-order valence-electron chi connectivity index (χ4n) is 2.28. The number of hydrogen-bond donors (Lipinski definition) is 3. The lowest BCUT2D eigenvalue weighted by atomic mass is 10.1. The molecule has 3 N–H and O–H groups in total. The van der Waals surface area contributed by atoms with E-state index in [1.165, 1.54) is 6.07 Å². The van der Waals surface area contributed by atoms with Gasteiger partial charge in [0.2, 0.25) is 0 Å². The van der Waals surface area contributed by atoms with E-state index in [2.05, 4.69) is 10.5 Å². The van der Waals surface area contributed by atoms with E-state index in [1.807, 2.05) is 13.8 Å². The number of hydrogen-bond acceptors (Lipinski definition) is 5. The van der Waals surface area contributed by atoms with Crippen molar-refractivity contribution in [3.63, 3.8) is 0 Å². The Kier molecular flexibility index (Phi) is 4.70. The summed E-state index contributed by atoms with van der Waals surface area (Å²) in [6, 6.07) is 3.09. The highest BCUT2D eigenvalue weighted by Crippen LogP contribution is 2.31. The molecule has 1 heterocycles. The third-order valence-electron chi connectivity index (χ3n) is 3.67. The van der Waals surface area contributed by atoms with Crippen molar-refractivity contribution < 1.29 is 19.5 Å². The first-order valence-corrected chi connectivity index (χ1v) is 7.13. The van der Waals surface area contributed by atoms with Crippen LogP contribution in [0.5, 0.6) is 11.5 Å². The monoisotopic (exact) mass is 304 g/mol. The molecule has 0 fully saturated rings. The number of nitrogens with zero attached hydrogens (tertiary/aromatic N) is 1. The second-order valence-electron chi connectivity index (χ2n) is 5.29. The van der Waals surface area contributed by atoms with Gasteiger partial charge in [0.1, 0.15) is 5.76 Å². The lowest BCUT2D eigenvalue weighted by molar-refractivity contribution is 0.0950. The summed E-state index contributed by atoms with van der Waals surface area (Å²) in [5.41, 5.74) is 2.52. The third-order valence-corrected chi connectivity index (χ3v) is 3.67. The van der Waals surface area contributed by atoms with Gasteiger partial charge in [0.05, 0.1) is 11.3 Å². The molecule has 1 aromatic carbocycles. The van der Waals surface area contributed by atoms with Crippen LogP contribution in [0.3, 0.4) is 0 Å². The van der Waals surface area contributed by atoms with Crippen molar-refractivity contribution in [2.45, 2.75) is 33.6 Å². The van der Waals surface area contributed by atoms with E-state index in [1.54, 1.807) is 13.0 Å². The van der Waals surface area contributed by atoms with Crippen LogP contribution in [0.2, 0.25) is 0 Å². The van der Waals surface area contributed by atoms with E-state index in [4.69, 9.17) is 4.52 Å². The molecule has 0 atom stereocenters. The van der Waals surface area contributed by atoms with Crippen LogP contribution in [0.1, 0.15) is 39.4 Å². The number of carbonyl (C=O) groups is 1. The Morgan fingerprint density at radius 2 is 1.95 bits per heavy atom. The van der Waals surface area contributed by atoms with Crippen LogP contribution >= 0.6 is 0 Å². The van der Waals surface area contributed by atoms with Crippen molar-refractivity contribution >= 4 is 5.91 Å². The van der Waals surface area contributed by atoms with Gasteiger partial charge < -0.3 is 20.1 Å². The molecule has 1 aromatic heterocycles. The minimum absolute atomic E-state index is 0.0699. The first-order valence-electron chi connectivity index (χ1n) is 7.13. The second kappa shape index (κ2) is 6.51. The Balaban J connectivity index is 1.90. The third kappa shape index (κ3) is 3.21. The van der Waals surface area contributed by atoms with Crippen molar-refractivity contribution in [2.24, 2.45) is 0 Å². The van der Waals surface area contributed by atoms with Gasteiger partial charge in [0.25, 0.3) is 5.91 Å². The molecule has 2 rings (SSSR count). The maximum Gasteiger partial charge on any atom is 0.255 e. The van der Waals surface area contributed by atoms with Crippen molar-refractivity contribution in [1.82, 2.24) is 10.5 Å². The zero-order chi connectivity index (χ0) is 16.3. The summed E-state index contributed by atoms with van der Waals surface area (Å²) >= 11 is 0. The number of aromatic nitrogens is 1. The molecule has 0 aliphatic carbocycles. The Hall–Kier alpha value is -2.50. The van der Waals surface area contributed by atoms with E-state index in [0.29, 0.717) is 12.1 Å². The van der Waals surface area contributed by atoms with Crippen molar-refractivity contribution in [2.75, 3.05) is 6.54 Å². The predicted octanol–water partition coefficient (Wildman–Crippen LogP) is 2.37. The number of benzene rings is 1. The molecule has 22 heavy (non-hydrogen) atoms. The van der Waals surface area contributed by atoms with E-state index < -0.39 is 5.91 Å². The van der Waals surface area contributed by atoms with Crippen LogP contribution < -0.4 is 5.32 Å². The molecule has 0 spiro atoms. The molecule has 6 nitrogen and oxygen atoms in total. The van der Waals surface area contributed by atoms with Gasteiger partial charge in [-0.2, -0.15) is 0 Å². The summed E-state index contributed by atoms with van der Waals surface area (Å²) in [4.78, 5) is 12.0. The molecule has 1 amide bonds. The van der Waals surface area contributed by atoms with Gasteiger partial charge in [0, 0.05) is 12.1 Å². The lowest BCUT2D eigenvalue weighted by Crippen LogP contribution is -2.25. The quantitative estimate of drug-likeness (QED) is 0.582. The highest BCUT2D eigenvalue weighted by molar-refractivity contribution is 5.97. The normalized spacial score (nSPS) is 10.7.